The minimum absolute atomic E-state index is 0.224. The van der Waals surface area contributed by atoms with Gasteiger partial charge >= 0.3 is 6.09 Å². The number of amides is 1. The molecule has 112 valence electrons. The third-order valence-electron chi connectivity index (χ3n) is 3.37. The zero-order chi connectivity index (χ0) is 14.5. The molecule has 5 nitrogen and oxygen atoms in total. The summed E-state index contributed by atoms with van der Waals surface area (Å²) in [6.07, 6.45) is 3.73. The summed E-state index contributed by atoms with van der Waals surface area (Å²) in [4.78, 5) is 17.0. The molecule has 0 bridgehead atoms. The largest absolute Gasteiger partial charge is 0.444 e. The van der Waals surface area contributed by atoms with E-state index in [0.29, 0.717) is 6.04 Å². The number of alkyl carbamates (subject to hydrolysis) is 1. The van der Waals surface area contributed by atoms with Crippen LogP contribution in [0.25, 0.3) is 0 Å². The molecule has 0 radical (unpaired) electrons. The number of carbonyl (C=O) groups is 1. The number of hydrogen-bond donors (Lipinski definition) is 1. The molecule has 0 aliphatic heterocycles. The summed E-state index contributed by atoms with van der Waals surface area (Å²) < 4.78 is 5.27. The predicted octanol–water partition coefficient (Wildman–Crippen LogP) is 2.71. The van der Waals surface area contributed by atoms with Crippen LogP contribution in [0.15, 0.2) is 0 Å². The number of rotatable bonds is 4. The second-order valence-corrected chi connectivity index (χ2v) is 6.07. The minimum Gasteiger partial charge on any atom is -0.444 e. The van der Waals surface area contributed by atoms with E-state index >= 15 is 0 Å². The highest BCUT2D eigenvalue weighted by Crippen LogP contribution is 2.23. The molecule has 0 heterocycles. The Kier molecular flexibility index (Phi) is 6.07. The molecule has 0 aromatic carbocycles. The summed E-state index contributed by atoms with van der Waals surface area (Å²) in [5.74, 6) is 0. The molecule has 1 rings (SSSR count). The molecule has 1 fully saturated rings. The molecule has 0 aromatic heterocycles. The van der Waals surface area contributed by atoms with E-state index in [0.717, 1.165) is 32.2 Å². The van der Waals surface area contributed by atoms with Gasteiger partial charge in [-0.3, -0.25) is 0 Å². The highest BCUT2D eigenvalue weighted by molar-refractivity contribution is 5.68. The van der Waals surface area contributed by atoms with Crippen LogP contribution in [0.2, 0.25) is 0 Å². The van der Waals surface area contributed by atoms with Crippen LogP contribution in [0.3, 0.4) is 0 Å². The number of hydrogen-bond acceptors (Lipinski definition) is 4. The molecular formula is C14H28N2O3. The van der Waals surface area contributed by atoms with Gasteiger partial charge in [0.1, 0.15) is 5.60 Å². The number of nitrogens with zero attached hydrogens (tertiary/aromatic N) is 1. The van der Waals surface area contributed by atoms with Crippen LogP contribution in [-0.4, -0.2) is 42.5 Å². The second-order valence-electron chi connectivity index (χ2n) is 6.07. The summed E-state index contributed by atoms with van der Waals surface area (Å²) in [6, 6.07) is 0.688. The first-order chi connectivity index (χ1) is 8.85. The maximum absolute atomic E-state index is 11.7. The van der Waals surface area contributed by atoms with Crippen LogP contribution in [-0.2, 0) is 9.57 Å². The van der Waals surface area contributed by atoms with Gasteiger partial charge in [0.2, 0.25) is 0 Å². The van der Waals surface area contributed by atoms with Gasteiger partial charge in [0, 0.05) is 18.6 Å². The third kappa shape index (κ3) is 5.78. The number of hydroxylamine groups is 2. The van der Waals surface area contributed by atoms with Crippen molar-refractivity contribution in [3.63, 3.8) is 0 Å². The number of ether oxygens (including phenoxy) is 1. The monoisotopic (exact) mass is 272 g/mol. The lowest BCUT2D eigenvalue weighted by molar-refractivity contribution is -0.165. The molecule has 1 saturated carbocycles. The topological polar surface area (TPSA) is 50.8 Å². The lowest BCUT2D eigenvalue weighted by Gasteiger charge is -2.35. The van der Waals surface area contributed by atoms with Gasteiger partial charge in [-0.25, -0.2) is 4.79 Å². The van der Waals surface area contributed by atoms with E-state index in [2.05, 4.69) is 12.2 Å². The van der Waals surface area contributed by atoms with Gasteiger partial charge in [0.15, 0.2) is 0 Å². The van der Waals surface area contributed by atoms with E-state index in [9.17, 15) is 4.79 Å². The van der Waals surface area contributed by atoms with Gasteiger partial charge < -0.3 is 14.9 Å². The summed E-state index contributed by atoms with van der Waals surface area (Å²) in [6.45, 7) is 8.61. The summed E-state index contributed by atoms with van der Waals surface area (Å²) in [7, 11) is 1.72. The predicted molar refractivity (Wildman–Crippen MR) is 74.8 cm³/mol. The van der Waals surface area contributed by atoms with Crippen molar-refractivity contribution in [3.05, 3.63) is 0 Å². The Labute approximate surface area is 116 Å². The van der Waals surface area contributed by atoms with Gasteiger partial charge in [-0.15, -0.1) is 0 Å². The molecule has 0 atom stereocenters. The van der Waals surface area contributed by atoms with Gasteiger partial charge in [0.05, 0.1) is 7.11 Å². The average Bonchev–Trinajstić information content (AvgIpc) is 2.30. The van der Waals surface area contributed by atoms with E-state index < -0.39 is 5.60 Å². The minimum atomic E-state index is -0.434. The van der Waals surface area contributed by atoms with Gasteiger partial charge in [0.25, 0.3) is 0 Å². The normalized spacial score (nSPS) is 24.3. The lowest BCUT2D eigenvalue weighted by Crippen LogP contribution is -2.44. The number of carbonyl (C=O) groups excluding carboxylic acids is 1. The molecule has 1 aliphatic rings. The molecule has 0 saturated heterocycles. The smallest absolute Gasteiger partial charge is 0.407 e. The van der Waals surface area contributed by atoms with Crippen LogP contribution in [0, 0.1) is 0 Å². The Morgan fingerprint density at radius 1 is 1.26 bits per heavy atom. The summed E-state index contributed by atoms with van der Waals surface area (Å²) in [5.41, 5.74) is -0.434. The van der Waals surface area contributed by atoms with E-state index in [1.54, 1.807) is 7.11 Å². The van der Waals surface area contributed by atoms with Crippen LogP contribution in [0.1, 0.15) is 53.4 Å². The van der Waals surface area contributed by atoms with E-state index in [-0.39, 0.29) is 12.1 Å². The highest BCUT2D eigenvalue weighted by Gasteiger charge is 2.27. The van der Waals surface area contributed by atoms with E-state index in [1.807, 2.05) is 25.8 Å². The summed E-state index contributed by atoms with van der Waals surface area (Å²) >= 11 is 0. The quantitative estimate of drug-likeness (QED) is 0.799. The lowest BCUT2D eigenvalue weighted by atomic mass is 9.91. The fraction of sp³-hybridized carbons (Fsp3) is 0.929. The van der Waals surface area contributed by atoms with Crippen LogP contribution >= 0.6 is 0 Å². The van der Waals surface area contributed by atoms with Crippen molar-refractivity contribution < 1.29 is 14.4 Å². The van der Waals surface area contributed by atoms with Crippen LogP contribution in [0.4, 0.5) is 4.79 Å². The molecule has 0 aromatic rings. The van der Waals surface area contributed by atoms with Crippen LogP contribution in [0.5, 0.6) is 0 Å². The fourth-order valence-electron chi connectivity index (χ4n) is 2.52. The maximum atomic E-state index is 11.7. The molecule has 0 spiro atoms. The van der Waals surface area contributed by atoms with Crippen molar-refractivity contribution in [1.29, 1.82) is 0 Å². The molecule has 1 N–H and O–H groups in total. The first-order valence-electron chi connectivity index (χ1n) is 7.16. The van der Waals surface area contributed by atoms with E-state index in [1.165, 1.54) is 0 Å². The standard InChI is InChI=1S/C14H28N2O3/c1-6-16(18-5)12-9-7-11(8-10-12)15-13(17)19-14(2,3)4/h11-12H,6-10H2,1-5H3,(H,15,17). The third-order valence-corrected chi connectivity index (χ3v) is 3.37. The zero-order valence-corrected chi connectivity index (χ0v) is 12.9. The van der Waals surface area contributed by atoms with Crippen molar-refractivity contribution in [2.24, 2.45) is 0 Å². The number of nitrogens with one attached hydrogen (secondary N) is 1. The van der Waals surface area contributed by atoms with Gasteiger partial charge in [-0.2, -0.15) is 5.06 Å². The van der Waals surface area contributed by atoms with Crippen molar-refractivity contribution in [2.75, 3.05) is 13.7 Å². The molecule has 1 amide bonds. The first kappa shape index (κ1) is 16.2. The summed E-state index contributed by atoms with van der Waals surface area (Å²) in [5, 5.41) is 4.97. The molecule has 5 heteroatoms. The Balaban J connectivity index is 2.32. The zero-order valence-electron chi connectivity index (χ0n) is 12.9. The van der Waals surface area contributed by atoms with E-state index in [4.69, 9.17) is 9.57 Å². The molecule has 1 aliphatic carbocycles. The Hall–Kier alpha value is -0.810. The Bertz CT molecular complexity index is 277. The van der Waals surface area contributed by atoms with Crippen molar-refractivity contribution >= 4 is 6.09 Å². The van der Waals surface area contributed by atoms with Gasteiger partial charge in [-0.05, 0) is 46.5 Å². The molecule has 0 unspecified atom stereocenters. The fourth-order valence-corrected chi connectivity index (χ4v) is 2.52. The van der Waals surface area contributed by atoms with Crippen molar-refractivity contribution in [3.8, 4) is 0 Å². The maximum Gasteiger partial charge on any atom is 0.407 e. The van der Waals surface area contributed by atoms with Gasteiger partial charge in [-0.1, -0.05) is 6.92 Å². The van der Waals surface area contributed by atoms with Crippen molar-refractivity contribution in [2.45, 2.75) is 71.1 Å². The first-order valence-corrected chi connectivity index (χ1v) is 7.16. The second kappa shape index (κ2) is 7.10. The highest BCUT2D eigenvalue weighted by atomic mass is 16.7. The Morgan fingerprint density at radius 3 is 2.26 bits per heavy atom. The van der Waals surface area contributed by atoms with Crippen LogP contribution < -0.4 is 5.32 Å². The molecular weight excluding hydrogens is 244 g/mol. The molecule has 19 heavy (non-hydrogen) atoms. The Morgan fingerprint density at radius 2 is 1.84 bits per heavy atom. The average molecular weight is 272 g/mol. The SMILES string of the molecule is CCN(OC)C1CCC(NC(=O)OC(C)(C)C)CC1. The van der Waals surface area contributed by atoms with Crippen molar-refractivity contribution in [1.82, 2.24) is 10.4 Å².